The number of carboxylic acids is 1. The molecule has 0 saturated heterocycles. The number of rotatable bonds is 1. The second kappa shape index (κ2) is 2.96. The first-order valence-electron chi connectivity index (χ1n) is 3.66. The van der Waals surface area contributed by atoms with Crippen molar-refractivity contribution in [2.24, 2.45) is 7.05 Å². The monoisotopic (exact) mass is 275 g/mol. The highest BCUT2D eigenvalue weighted by Crippen LogP contribution is 2.34. The van der Waals surface area contributed by atoms with Crippen LogP contribution in [-0.4, -0.2) is 20.6 Å². The molecular formula is C7H6BrN3O2S. The summed E-state index contributed by atoms with van der Waals surface area (Å²) in [4.78, 5) is 15.7. The zero-order chi connectivity index (χ0) is 10.5. The molecule has 0 spiro atoms. The van der Waals surface area contributed by atoms with Gasteiger partial charge < -0.3 is 15.4 Å². The van der Waals surface area contributed by atoms with E-state index in [1.165, 1.54) is 11.3 Å². The first-order valence-corrected chi connectivity index (χ1v) is 5.26. The smallest absolute Gasteiger partial charge is 0.353 e. The third-order valence-corrected chi connectivity index (χ3v) is 3.60. The molecule has 14 heavy (non-hydrogen) atoms. The van der Waals surface area contributed by atoms with E-state index < -0.39 is 5.97 Å². The standard InChI is InChI=1S/C7H6BrN3O2S/c1-11-4(6(12)13)2(8)3-5(11)14-7(9)10-3/h1H3,(H2,9,10)(H,12,13). The second-order valence-corrected chi connectivity index (χ2v) is 4.53. The molecule has 7 heteroatoms. The van der Waals surface area contributed by atoms with E-state index in [1.54, 1.807) is 11.6 Å². The number of carboxylic acid groups (broad SMARTS) is 1. The van der Waals surface area contributed by atoms with Crippen molar-refractivity contribution in [1.29, 1.82) is 0 Å². The van der Waals surface area contributed by atoms with Crippen LogP contribution in [-0.2, 0) is 7.05 Å². The van der Waals surface area contributed by atoms with Gasteiger partial charge in [0.25, 0.3) is 0 Å². The molecule has 0 fully saturated rings. The summed E-state index contributed by atoms with van der Waals surface area (Å²) in [7, 11) is 1.67. The molecule has 3 N–H and O–H groups in total. The van der Waals surface area contributed by atoms with Crippen molar-refractivity contribution in [3.63, 3.8) is 0 Å². The van der Waals surface area contributed by atoms with Crippen LogP contribution in [0.25, 0.3) is 10.3 Å². The quantitative estimate of drug-likeness (QED) is 0.830. The van der Waals surface area contributed by atoms with E-state index >= 15 is 0 Å². The summed E-state index contributed by atoms with van der Waals surface area (Å²) in [5, 5.41) is 9.36. The maximum Gasteiger partial charge on any atom is 0.353 e. The van der Waals surface area contributed by atoms with Crippen LogP contribution in [0.5, 0.6) is 0 Å². The number of anilines is 1. The minimum Gasteiger partial charge on any atom is -0.477 e. The Hall–Kier alpha value is -1.08. The van der Waals surface area contributed by atoms with Gasteiger partial charge in [-0.2, -0.15) is 0 Å². The predicted octanol–water partition coefficient (Wildman–Crippen LogP) is 1.68. The number of nitrogens with two attached hydrogens (primary N) is 1. The number of fused-ring (bicyclic) bond motifs is 1. The number of aromatic carboxylic acids is 1. The van der Waals surface area contributed by atoms with E-state index in [-0.39, 0.29) is 5.69 Å². The zero-order valence-electron chi connectivity index (χ0n) is 7.11. The molecular weight excluding hydrogens is 270 g/mol. The van der Waals surface area contributed by atoms with Crippen LogP contribution in [0.2, 0.25) is 0 Å². The average molecular weight is 276 g/mol. The summed E-state index contributed by atoms with van der Waals surface area (Å²) in [6.45, 7) is 0. The Morgan fingerprint density at radius 3 is 2.86 bits per heavy atom. The zero-order valence-corrected chi connectivity index (χ0v) is 9.52. The van der Waals surface area contributed by atoms with Gasteiger partial charge in [0, 0.05) is 7.05 Å². The highest BCUT2D eigenvalue weighted by molar-refractivity contribution is 9.10. The van der Waals surface area contributed by atoms with Gasteiger partial charge in [0.15, 0.2) is 5.13 Å². The van der Waals surface area contributed by atoms with Crippen LogP contribution in [0.3, 0.4) is 0 Å². The average Bonchev–Trinajstić information content (AvgIpc) is 2.54. The number of aryl methyl sites for hydroxylation is 1. The van der Waals surface area contributed by atoms with Gasteiger partial charge in [-0.3, -0.25) is 0 Å². The largest absolute Gasteiger partial charge is 0.477 e. The SMILES string of the molecule is Cn1c(C(=O)O)c(Br)c2nc(N)sc21. The van der Waals surface area contributed by atoms with Gasteiger partial charge >= 0.3 is 5.97 Å². The fraction of sp³-hybridized carbons (Fsp3) is 0.143. The van der Waals surface area contributed by atoms with Gasteiger partial charge in [-0.25, -0.2) is 9.78 Å². The Balaban J connectivity index is 2.88. The van der Waals surface area contributed by atoms with Gasteiger partial charge in [-0.05, 0) is 15.9 Å². The van der Waals surface area contributed by atoms with Gasteiger partial charge in [-0.15, -0.1) is 0 Å². The van der Waals surface area contributed by atoms with Crippen molar-refractivity contribution in [3.05, 3.63) is 10.2 Å². The van der Waals surface area contributed by atoms with Gasteiger partial charge in [0.05, 0.1) is 4.47 Å². The van der Waals surface area contributed by atoms with Crippen molar-refractivity contribution >= 4 is 48.7 Å². The lowest BCUT2D eigenvalue weighted by atomic mass is 10.4. The van der Waals surface area contributed by atoms with Crippen LogP contribution < -0.4 is 5.73 Å². The summed E-state index contributed by atoms with van der Waals surface area (Å²) in [6, 6.07) is 0. The highest BCUT2D eigenvalue weighted by atomic mass is 79.9. The molecule has 0 bridgehead atoms. The van der Waals surface area contributed by atoms with Crippen LogP contribution in [0.1, 0.15) is 10.5 Å². The summed E-state index contributed by atoms with van der Waals surface area (Å²) >= 11 is 4.47. The fourth-order valence-electron chi connectivity index (χ4n) is 1.30. The van der Waals surface area contributed by atoms with E-state index in [0.29, 0.717) is 15.1 Å². The Bertz CT molecular complexity index is 493. The summed E-state index contributed by atoms with van der Waals surface area (Å²) in [5.41, 5.74) is 6.32. The summed E-state index contributed by atoms with van der Waals surface area (Å²) in [5.74, 6) is -0.983. The number of hydrogen-bond donors (Lipinski definition) is 2. The predicted molar refractivity (Wildman–Crippen MR) is 57.7 cm³/mol. The topological polar surface area (TPSA) is 81.1 Å². The summed E-state index contributed by atoms with van der Waals surface area (Å²) in [6.07, 6.45) is 0. The number of nitrogens with zero attached hydrogens (tertiary/aromatic N) is 2. The molecule has 0 atom stereocenters. The van der Waals surface area contributed by atoms with Crippen LogP contribution in [0.15, 0.2) is 4.47 Å². The van der Waals surface area contributed by atoms with Gasteiger partial charge in [-0.1, -0.05) is 11.3 Å². The van der Waals surface area contributed by atoms with Crippen molar-refractivity contribution in [2.75, 3.05) is 5.73 Å². The lowest BCUT2D eigenvalue weighted by molar-refractivity contribution is 0.0686. The number of thiazole rings is 1. The Morgan fingerprint density at radius 2 is 2.36 bits per heavy atom. The van der Waals surface area contributed by atoms with Crippen molar-refractivity contribution in [1.82, 2.24) is 9.55 Å². The van der Waals surface area contributed by atoms with E-state index in [4.69, 9.17) is 10.8 Å². The number of nitrogen functional groups attached to an aromatic ring is 1. The molecule has 2 heterocycles. The highest BCUT2D eigenvalue weighted by Gasteiger charge is 2.21. The minimum atomic E-state index is -0.983. The van der Waals surface area contributed by atoms with E-state index in [1.807, 2.05) is 0 Å². The fourth-order valence-corrected chi connectivity index (χ4v) is 2.95. The van der Waals surface area contributed by atoms with Crippen LogP contribution in [0.4, 0.5) is 5.13 Å². The number of carbonyl (C=O) groups is 1. The van der Waals surface area contributed by atoms with Crippen molar-refractivity contribution in [2.45, 2.75) is 0 Å². The molecule has 0 aromatic carbocycles. The molecule has 2 aromatic heterocycles. The van der Waals surface area contributed by atoms with Crippen LogP contribution >= 0.6 is 27.3 Å². The molecule has 2 aromatic rings. The van der Waals surface area contributed by atoms with Gasteiger partial charge in [0.2, 0.25) is 0 Å². The first kappa shape index (κ1) is 9.47. The van der Waals surface area contributed by atoms with Crippen molar-refractivity contribution in [3.8, 4) is 0 Å². The lowest BCUT2D eigenvalue weighted by Crippen LogP contribution is -2.04. The Kier molecular flexibility index (Phi) is 2.00. The van der Waals surface area contributed by atoms with Crippen LogP contribution in [0, 0.1) is 0 Å². The number of hydrogen-bond acceptors (Lipinski definition) is 4. The van der Waals surface area contributed by atoms with Gasteiger partial charge in [0.1, 0.15) is 16.0 Å². The molecule has 74 valence electrons. The molecule has 0 saturated carbocycles. The van der Waals surface area contributed by atoms with E-state index in [2.05, 4.69) is 20.9 Å². The maximum atomic E-state index is 10.9. The Labute approximate surface area is 91.3 Å². The minimum absolute atomic E-state index is 0.193. The summed E-state index contributed by atoms with van der Waals surface area (Å²) < 4.78 is 2.05. The maximum absolute atomic E-state index is 10.9. The molecule has 0 radical (unpaired) electrons. The normalized spacial score (nSPS) is 11.0. The molecule has 0 unspecified atom stereocenters. The van der Waals surface area contributed by atoms with E-state index in [0.717, 1.165) is 4.83 Å². The lowest BCUT2D eigenvalue weighted by Gasteiger charge is -1.97. The number of aromatic nitrogens is 2. The molecule has 0 aliphatic carbocycles. The first-order chi connectivity index (χ1) is 6.52. The van der Waals surface area contributed by atoms with E-state index in [9.17, 15) is 4.79 Å². The van der Waals surface area contributed by atoms with Crippen molar-refractivity contribution < 1.29 is 9.90 Å². The molecule has 0 aliphatic heterocycles. The third-order valence-electron chi connectivity index (χ3n) is 1.88. The molecule has 0 amide bonds. The Morgan fingerprint density at radius 1 is 1.71 bits per heavy atom. The molecule has 0 aliphatic rings. The molecule has 2 rings (SSSR count). The molecule has 5 nitrogen and oxygen atoms in total. The number of halogens is 1. The third kappa shape index (κ3) is 1.12. The second-order valence-electron chi connectivity index (χ2n) is 2.73.